The Labute approximate surface area is 196 Å². The zero-order chi connectivity index (χ0) is 23.8. The fraction of sp³-hybridized carbons (Fsp3) is 0.444. The summed E-state index contributed by atoms with van der Waals surface area (Å²) in [6.45, 7) is 9.82. The van der Waals surface area contributed by atoms with Crippen LogP contribution in [0.15, 0.2) is 42.5 Å². The molecule has 0 saturated carbocycles. The van der Waals surface area contributed by atoms with Crippen LogP contribution < -0.4 is 4.74 Å². The molecule has 6 nitrogen and oxygen atoms in total. The standard InChI is InChI=1S/C27H34N4O2/c1-18-14-21(19-9-11-22(33-6)12-10-19)15-23(28-18)20-8-7-13-31(17-20)26(32)24-16-25(27(2,3)4)29-30(24)5/h9-12,14-16,20H,7-8,13,17H2,1-6H3/t20-/m0/s1. The quantitative estimate of drug-likeness (QED) is 0.558. The molecule has 3 aromatic rings. The molecule has 4 rings (SSSR count). The highest BCUT2D eigenvalue weighted by molar-refractivity contribution is 5.93. The maximum absolute atomic E-state index is 13.4. The van der Waals surface area contributed by atoms with E-state index in [9.17, 15) is 4.79 Å². The van der Waals surface area contributed by atoms with E-state index in [0.29, 0.717) is 12.2 Å². The summed E-state index contributed by atoms with van der Waals surface area (Å²) in [4.78, 5) is 20.2. The van der Waals surface area contributed by atoms with Crippen molar-refractivity contribution in [3.05, 3.63) is 65.2 Å². The van der Waals surface area contributed by atoms with Gasteiger partial charge in [0.25, 0.3) is 5.91 Å². The minimum Gasteiger partial charge on any atom is -0.497 e. The first-order valence-corrected chi connectivity index (χ1v) is 11.6. The van der Waals surface area contributed by atoms with Gasteiger partial charge in [-0.1, -0.05) is 32.9 Å². The Hall–Kier alpha value is -3.15. The van der Waals surface area contributed by atoms with Gasteiger partial charge < -0.3 is 9.64 Å². The smallest absolute Gasteiger partial charge is 0.272 e. The summed E-state index contributed by atoms with van der Waals surface area (Å²) >= 11 is 0. The number of carbonyl (C=O) groups excluding carboxylic acids is 1. The number of likely N-dealkylation sites (tertiary alicyclic amines) is 1. The average Bonchev–Trinajstić information content (AvgIpc) is 3.20. The molecule has 2 aromatic heterocycles. The Bertz CT molecular complexity index is 1140. The third kappa shape index (κ3) is 4.95. The van der Waals surface area contributed by atoms with Crippen LogP contribution in [-0.4, -0.2) is 45.8 Å². The van der Waals surface area contributed by atoms with Gasteiger partial charge in [0.2, 0.25) is 0 Å². The van der Waals surface area contributed by atoms with E-state index in [-0.39, 0.29) is 17.2 Å². The number of benzene rings is 1. The molecule has 3 heterocycles. The molecule has 0 spiro atoms. The number of hydrogen-bond acceptors (Lipinski definition) is 4. The molecule has 1 saturated heterocycles. The second-order valence-corrected chi connectivity index (χ2v) is 10.0. The Morgan fingerprint density at radius 3 is 2.45 bits per heavy atom. The monoisotopic (exact) mass is 446 g/mol. The van der Waals surface area contributed by atoms with Gasteiger partial charge in [0.05, 0.1) is 12.8 Å². The molecule has 6 heteroatoms. The number of methoxy groups -OCH3 is 1. The number of piperidine rings is 1. The minimum atomic E-state index is -0.0932. The summed E-state index contributed by atoms with van der Waals surface area (Å²) in [5.74, 6) is 1.11. The first-order chi connectivity index (χ1) is 15.7. The highest BCUT2D eigenvalue weighted by Gasteiger charge is 2.29. The van der Waals surface area contributed by atoms with E-state index in [1.54, 1.807) is 11.8 Å². The van der Waals surface area contributed by atoms with Crippen molar-refractivity contribution in [1.29, 1.82) is 0 Å². The predicted molar refractivity (Wildman–Crippen MR) is 131 cm³/mol. The van der Waals surface area contributed by atoms with E-state index in [2.05, 4.69) is 50.1 Å². The molecule has 1 atom stereocenters. The number of pyridine rings is 1. The summed E-state index contributed by atoms with van der Waals surface area (Å²) in [6, 6.07) is 14.3. The summed E-state index contributed by atoms with van der Waals surface area (Å²) < 4.78 is 7.01. The van der Waals surface area contributed by atoms with Crippen LogP contribution in [0.2, 0.25) is 0 Å². The van der Waals surface area contributed by atoms with Gasteiger partial charge in [-0.2, -0.15) is 5.10 Å². The van der Waals surface area contributed by atoms with E-state index in [1.807, 2.05) is 37.1 Å². The number of amides is 1. The predicted octanol–water partition coefficient (Wildman–Crippen LogP) is 5.12. The molecule has 33 heavy (non-hydrogen) atoms. The molecule has 174 valence electrons. The summed E-state index contributed by atoms with van der Waals surface area (Å²) in [7, 11) is 3.53. The van der Waals surface area contributed by atoms with Gasteiger partial charge in [-0.05, 0) is 61.2 Å². The topological polar surface area (TPSA) is 60.2 Å². The second kappa shape index (κ2) is 9.00. The first-order valence-electron chi connectivity index (χ1n) is 11.6. The van der Waals surface area contributed by atoms with E-state index in [1.165, 1.54) is 0 Å². The lowest BCUT2D eigenvalue weighted by Gasteiger charge is -2.32. The maximum Gasteiger partial charge on any atom is 0.272 e. The van der Waals surface area contributed by atoms with Crippen LogP contribution in [0, 0.1) is 6.92 Å². The van der Waals surface area contributed by atoms with Crippen LogP contribution >= 0.6 is 0 Å². The van der Waals surface area contributed by atoms with Gasteiger partial charge in [-0.25, -0.2) is 0 Å². The number of nitrogens with zero attached hydrogens (tertiary/aromatic N) is 4. The van der Waals surface area contributed by atoms with E-state index >= 15 is 0 Å². The van der Waals surface area contributed by atoms with Gasteiger partial charge in [0.1, 0.15) is 11.4 Å². The summed E-state index contributed by atoms with van der Waals surface area (Å²) in [6.07, 6.45) is 1.99. The largest absolute Gasteiger partial charge is 0.497 e. The zero-order valence-corrected chi connectivity index (χ0v) is 20.6. The number of rotatable bonds is 4. The lowest BCUT2D eigenvalue weighted by Crippen LogP contribution is -2.40. The van der Waals surface area contributed by atoms with E-state index in [4.69, 9.17) is 9.72 Å². The Balaban J connectivity index is 1.57. The third-order valence-corrected chi connectivity index (χ3v) is 6.39. The molecule has 1 aliphatic rings. The number of hydrogen-bond donors (Lipinski definition) is 0. The fourth-order valence-electron chi connectivity index (χ4n) is 4.45. The second-order valence-electron chi connectivity index (χ2n) is 10.0. The van der Waals surface area contributed by atoms with Gasteiger partial charge in [0.15, 0.2) is 0 Å². The molecule has 1 aromatic carbocycles. The number of aromatic nitrogens is 3. The van der Waals surface area contributed by atoms with Crippen LogP contribution in [-0.2, 0) is 12.5 Å². The van der Waals surface area contributed by atoms with Crippen LogP contribution in [0.3, 0.4) is 0 Å². The zero-order valence-electron chi connectivity index (χ0n) is 20.6. The maximum atomic E-state index is 13.4. The van der Waals surface area contributed by atoms with Crippen molar-refractivity contribution in [2.75, 3.05) is 20.2 Å². The highest BCUT2D eigenvalue weighted by Crippen LogP contribution is 2.31. The fourth-order valence-corrected chi connectivity index (χ4v) is 4.45. The summed E-state index contributed by atoms with van der Waals surface area (Å²) in [5, 5.41) is 4.59. The molecule has 0 N–H and O–H groups in total. The van der Waals surface area contributed by atoms with Crippen LogP contribution in [0.1, 0.15) is 67.1 Å². The molecular weight excluding hydrogens is 412 g/mol. The summed E-state index contributed by atoms with van der Waals surface area (Å²) in [5.41, 5.74) is 5.82. The van der Waals surface area contributed by atoms with Gasteiger partial charge in [-0.3, -0.25) is 14.5 Å². The molecule has 0 radical (unpaired) electrons. The Kier molecular flexibility index (Phi) is 6.28. The van der Waals surface area contributed by atoms with Crippen LogP contribution in [0.5, 0.6) is 5.75 Å². The lowest BCUT2D eigenvalue weighted by atomic mass is 9.91. The van der Waals surface area contributed by atoms with Crippen molar-refractivity contribution in [3.8, 4) is 16.9 Å². The van der Waals surface area contributed by atoms with Crippen molar-refractivity contribution in [1.82, 2.24) is 19.7 Å². The molecule has 0 unspecified atom stereocenters. The molecule has 0 aliphatic carbocycles. The normalized spacial score (nSPS) is 16.7. The van der Waals surface area contributed by atoms with Crippen molar-refractivity contribution in [3.63, 3.8) is 0 Å². The van der Waals surface area contributed by atoms with Crippen molar-refractivity contribution in [2.24, 2.45) is 7.05 Å². The average molecular weight is 447 g/mol. The van der Waals surface area contributed by atoms with E-state index in [0.717, 1.165) is 53.3 Å². The SMILES string of the molecule is COc1ccc(-c2cc(C)nc([C@H]3CCCN(C(=O)c4cc(C(C)(C)C)nn4C)C3)c2)cc1. The van der Waals surface area contributed by atoms with Crippen molar-refractivity contribution >= 4 is 5.91 Å². The van der Waals surface area contributed by atoms with Gasteiger partial charge >= 0.3 is 0 Å². The Morgan fingerprint density at radius 2 is 1.82 bits per heavy atom. The highest BCUT2D eigenvalue weighted by atomic mass is 16.5. The molecule has 1 fully saturated rings. The van der Waals surface area contributed by atoms with E-state index < -0.39 is 0 Å². The molecule has 0 bridgehead atoms. The number of aryl methyl sites for hydroxylation is 2. The number of carbonyl (C=O) groups is 1. The first kappa shape index (κ1) is 23.0. The molecule has 1 aliphatic heterocycles. The van der Waals surface area contributed by atoms with Crippen molar-refractivity contribution < 1.29 is 9.53 Å². The van der Waals surface area contributed by atoms with Crippen molar-refractivity contribution in [2.45, 2.75) is 51.9 Å². The van der Waals surface area contributed by atoms with Crippen LogP contribution in [0.25, 0.3) is 11.1 Å². The number of ether oxygens (including phenoxy) is 1. The van der Waals surface area contributed by atoms with Gasteiger partial charge in [0, 0.05) is 42.9 Å². The lowest BCUT2D eigenvalue weighted by molar-refractivity contribution is 0.0694. The minimum absolute atomic E-state index is 0.0493. The van der Waals surface area contributed by atoms with Gasteiger partial charge in [-0.15, -0.1) is 0 Å². The Morgan fingerprint density at radius 1 is 1.09 bits per heavy atom. The van der Waals surface area contributed by atoms with Crippen LogP contribution in [0.4, 0.5) is 0 Å². The third-order valence-electron chi connectivity index (χ3n) is 6.39. The molecular formula is C27H34N4O2. The molecule has 1 amide bonds.